The molecule has 0 unspecified atom stereocenters. The van der Waals surface area contributed by atoms with Gasteiger partial charge < -0.3 is 0 Å². The van der Waals surface area contributed by atoms with Crippen molar-refractivity contribution in [3.63, 3.8) is 0 Å². The lowest BCUT2D eigenvalue weighted by Crippen LogP contribution is -1.64. The minimum Gasteiger partial charge on any atom is -0.264 e. The molecule has 0 spiro atoms. The van der Waals surface area contributed by atoms with Crippen molar-refractivity contribution in [1.29, 1.82) is 0 Å². The Kier molecular flexibility index (Phi) is 2.93. The molecule has 3 rings (SSSR count). The van der Waals surface area contributed by atoms with Crippen LogP contribution in [-0.2, 0) is 0 Å². The topological polar surface area (TPSA) is 83.1 Å². The van der Waals surface area contributed by atoms with Crippen LogP contribution in [0.1, 0.15) is 0 Å². The second kappa shape index (κ2) is 4.56. The number of nitrogens with zero attached hydrogens (tertiary/aromatic N) is 4. The van der Waals surface area contributed by atoms with Crippen molar-refractivity contribution in [3.05, 3.63) is 30.5 Å². The number of rotatable bonds is 0. The Labute approximate surface area is 90.5 Å². The fourth-order valence-electron chi connectivity index (χ4n) is 0.984. The molecule has 0 bridgehead atoms. The molecule has 0 radical (unpaired) electrons. The second-order valence-electron chi connectivity index (χ2n) is 2.66. The summed E-state index contributed by atoms with van der Waals surface area (Å²) in [6, 6.07) is 7.74. The molecule has 0 saturated heterocycles. The molecule has 1 aromatic carbocycles. The maximum atomic E-state index is 3.83. The molecule has 2 heterocycles. The standard InChI is InChI=1S/C6H5N3.C2H3N3S/c1-2-4-6-5(3-1)7-9-8-6;6-2-1-3-5-4-2/h1-4H,(H,7,8,9);1H,(H2,3,4,5,6). The van der Waals surface area contributed by atoms with Gasteiger partial charge in [0, 0.05) is 0 Å². The maximum Gasteiger partial charge on any atom is 0.135 e. The molecule has 7 heteroatoms. The lowest BCUT2D eigenvalue weighted by Gasteiger charge is -1.79. The summed E-state index contributed by atoms with van der Waals surface area (Å²) in [4.78, 5) is 0. The zero-order chi connectivity index (χ0) is 10.5. The Morgan fingerprint density at radius 3 is 2.53 bits per heavy atom. The Hall–Kier alpha value is -1.89. The fraction of sp³-hybridized carbons (Fsp3) is 0. The molecule has 0 atom stereocenters. The molecule has 0 amide bonds. The predicted octanol–water partition coefficient (Wildman–Crippen LogP) is 1.05. The SMILES string of the molecule is Sc1c[nH]nn1.c1ccc2[nH]nnc2c1. The number of H-pyrrole nitrogens is 2. The fourth-order valence-corrected chi connectivity index (χ4v) is 1.09. The first-order chi connectivity index (χ1) is 7.36. The largest absolute Gasteiger partial charge is 0.264 e. The van der Waals surface area contributed by atoms with Crippen LogP contribution in [0.5, 0.6) is 0 Å². The van der Waals surface area contributed by atoms with Gasteiger partial charge in [0.1, 0.15) is 10.5 Å². The van der Waals surface area contributed by atoms with Crippen LogP contribution >= 0.6 is 12.6 Å². The Morgan fingerprint density at radius 1 is 1.07 bits per heavy atom. The lowest BCUT2D eigenvalue weighted by atomic mass is 10.3. The van der Waals surface area contributed by atoms with Crippen LogP contribution in [0, 0.1) is 0 Å². The number of hydrogen-bond donors (Lipinski definition) is 3. The summed E-state index contributed by atoms with van der Waals surface area (Å²) in [6.07, 6.45) is 1.60. The number of para-hydroxylation sites is 1. The third kappa shape index (κ3) is 2.53. The molecule has 0 aliphatic rings. The van der Waals surface area contributed by atoms with E-state index in [9.17, 15) is 0 Å². The van der Waals surface area contributed by atoms with Gasteiger partial charge in [0.05, 0.1) is 11.7 Å². The van der Waals surface area contributed by atoms with Gasteiger partial charge in [0.2, 0.25) is 0 Å². The van der Waals surface area contributed by atoms with E-state index in [0.29, 0.717) is 5.03 Å². The van der Waals surface area contributed by atoms with Gasteiger partial charge in [0.15, 0.2) is 0 Å². The molecule has 6 nitrogen and oxygen atoms in total. The summed E-state index contributed by atoms with van der Waals surface area (Å²) in [7, 11) is 0. The summed E-state index contributed by atoms with van der Waals surface area (Å²) in [5, 5.41) is 20.2. The van der Waals surface area contributed by atoms with Crippen LogP contribution in [0.15, 0.2) is 35.5 Å². The first kappa shape index (κ1) is 9.66. The van der Waals surface area contributed by atoms with Gasteiger partial charge in [-0.2, -0.15) is 0 Å². The van der Waals surface area contributed by atoms with E-state index in [2.05, 4.69) is 43.5 Å². The molecule has 0 fully saturated rings. The van der Waals surface area contributed by atoms with Crippen molar-refractivity contribution in [1.82, 2.24) is 30.8 Å². The van der Waals surface area contributed by atoms with E-state index < -0.39 is 0 Å². The minimum atomic E-state index is 0.620. The first-order valence-corrected chi connectivity index (χ1v) is 4.62. The molecule has 0 saturated carbocycles. The molecule has 2 aromatic heterocycles. The average Bonchev–Trinajstić information content (AvgIpc) is 2.88. The number of aromatic nitrogens is 6. The Bertz CT molecular complexity index is 486. The van der Waals surface area contributed by atoms with Crippen molar-refractivity contribution >= 4 is 23.7 Å². The molecule has 15 heavy (non-hydrogen) atoms. The molecule has 0 aliphatic heterocycles. The van der Waals surface area contributed by atoms with Gasteiger partial charge >= 0.3 is 0 Å². The normalized spacial score (nSPS) is 9.67. The number of hydrogen-bond acceptors (Lipinski definition) is 5. The smallest absolute Gasteiger partial charge is 0.135 e. The van der Waals surface area contributed by atoms with Crippen LogP contribution in [0.4, 0.5) is 0 Å². The average molecular weight is 220 g/mol. The number of benzene rings is 1. The summed E-state index contributed by atoms with van der Waals surface area (Å²) in [5.41, 5.74) is 1.90. The van der Waals surface area contributed by atoms with E-state index in [4.69, 9.17) is 0 Å². The first-order valence-electron chi connectivity index (χ1n) is 4.17. The van der Waals surface area contributed by atoms with Gasteiger partial charge in [-0.15, -0.1) is 22.8 Å². The maximum absolute atomic E-state index is 3.83. The Morgan fingerprint density at radius 2 is 1.93 bits per heavy atom. The second-order valence-corrected chi connectivity index (χ2v) is 3.12. The van der Waals surface area contributed by atoms with Crippen LogP contribution < -0.4 is 0 Å². The van der Waals surface area contributed by atoms with Crippen molar-refractivity contribution in [2.75, 3.05) is 0 Å². The van der Waals surface area contributed by atoms with Crippen LogP contribution in [0.25, 0.3) is 11.0 Å². The van der Waals surface area contributed by atoms with Gasteiger partial charge in [-0.05, 0) is 12.1 Å². The minimum absolute atomic E-state index is 0.620. The number of fused-ring (bicyclic) bond motifs is 1. The summed E-state index contributed by atoms with van der Waals surface area (Å²) in [5.74, 6) is 0. The van der Waals surface area contributed by atoms with Crippen molar-refractivity contribution in [2.45, 2.75) is 5.03 Å². The molecular formula is C8H8N6S. The number of thiol groups is 1. The van der Waals surface area contributed by atoms with Crippen molar-refractivity contribution in [2.24, 2.45) is 0 Å². The molecule has 2 N–H and O–H groups in total. The highest BCUT2D eigenvalue weighted by Crippen LogP contribution is 2.03. The van der Waals surface area contributed by atoms with Crippen molar-refractivity contribution in [3.8, 4) is 0 Å². The monoisotopic (exact) mass is 220 g/mol. The summed E-state index contributed by atoms with van der Waals surface area (Å²) >= 11 is 3.83. The van der Waals surface area contributed by atoms with Gasteiger partial charge in [-0.1, -0.05) is 22.6 Å². The highest BCUT2D eigenvalue weighted by molar-refractivity contribution is 7.80. The molecular weight excluding hydrogens is 212 g/mol. The predicted molar refractivity (Wildman–Crippen MR) is 57.5 cm³/mol. The number of nitrogens with one attached hydrogen (secondary N) is 2. The molecule has 76 valence electrons. The van der Waals surface area contributed by atoms with Gasteiger partial charge in [0.25, 0.3) is 0 Å². The highest BCUT2D eigenvalue weighted by Gasteiger charge is 1.90. The third-order valence-electron chi connectivity index (χ3n) is 1.64. The molecule has 0 aliphatic carbocycles. The van der Waals surface area contributed by atoms with Crippen LogP contribution in [0.3, 0.4) is 0 Å². The number of aromatic amines is 2. The van der Waals surface area contributed by atoms with E-state index in [0.717, 1.165) is 11.0 Å². The zero-order valence-corrected chi connectivity index (χ0v) is 8.52. The van der Waals surface area contributed by atoms with E-state index in [1.54, 1.807) is 6.20 Å². The van der Waals surface area contributed by atoms with E-state index in [1.807, 2.05) is 24.3 Å². The molecule has 3 aromatic rings. The van der Waals surface area contributed by atoms with E-state index in [1.165, 1.54) is 0 Å². The highest BCUT2D eigenvalue weighted by atomic mass is 32.1. The summed E-state index contributed by atoms with van der Waals surface area (Å²) in [6.45, 7) is 0. The van der Waals surface area contributed by atoms with E-state index >= 15 is 0 Å². The van der Waals surface area contributed by atoms with Crippen LogP contribution in [0.2, 0.25) is 0 Å². The van der Waals surface area contributed by atoms with Gasteiger partial charge in [-0.3, -0.25) is 10.2 Å². The van der Waals surface area contributed by atoms with Crippen LogP contribution in [-0.4, -0.2) is 30.8 Å². The van der Waals surface area contributed by atoms with Gasteiger partial charge in [-0.25, -0.2) is 0 Å². The van der Waals surface area contributed by atoms with Crippen molar-refractivity contribution < 1.29 is 0 Å². The van der Waals surface area contributed by atoms with E-state index in [-0.39, 0.29) is 0 Å². The quantitative estimate of drug-likeness (QED) is 0.494. The summed E-state index contributed by atoms with van der Waals surface area (Å²) < 4.78 is 0. The third-order valence-corrected chi connectivity index (χ3v) is 1.85. The zero-order valence-electron chi connectivity index (χ0n) is 7.62. The Balaban J connectivity index is 0.000000124. The lowest BCUT2D eigenvalue weighted by molar-refractivity contribution is 0.912.